The zero-order chi connectivity index (χ0) is 7.33. The molecule has 3 nitrogen and oxygen atoms in total. The normalized spacial score (nSPS) is 11.1. The summed E-state index contributed by atoms with van der Waals surface area (Å²) in [5, 5.41) is 0. The van der Waals surface area contributed by atoms with Crippen LogP contribution in [0.25, 0.3) is 0 Å². The predicted octanol–water partition coefficient (Wildman–Crippen LogP) is -2.08. The van der Waals surface area contributed by atoms with Crippen LogP contribution in [-0.2, 0) is 9.09 Å². The first kappa shape index (κ1) is 12.6. The van der Waals surface area contributed by atoms with Crippen molar-refractivity contribution < 1.29 is 18.3 Å². The molecule has 0 amide bonds. The monoisotopic (exact) mass is 169 g/mol. The molecule has 0 spiro atoms. The Morgan fingerprint density at radius 3 is 2.20 bits per heavy atom. The van der Waals surface area contributed by atoms with E-state index in [1.54, 1.807) is 0 Å². The van der Waals surface area contributed by atoms with Crippen molar-refractivity contribution in [2.75, 3.05) is 34.3 Å². The minimum atomic E-state index is -0.217. The van der Waals surface area contributed by atoms with Gasteiger partial charge < -0.3 is 9.19 Å². The van der Waals surface area contributed by atoms with Crippen molar-refractivity contribution in [3.8, 4) is 0 Å². The molecule has 0 aromatic rings. The summed E-state index contributed by atoms with van der Waals surface area (Å²) in [5.41, 5.74) is 0. The summed E-state index contributed by atoms with van der Waals surface area (Å²) in [6, 6.07) is 0. The molecular formula is C5H13FNO2P. The SMILES string of the molecule is C[N+](C)(C)CCOP=O.[F-]. The molecule has 62 valence electrons. The zero-order valence-corrected chi connectivity index (χ0v) is 7.40. The lowest BCUT2D eigenvalue weighted by atomic mass is 10.5. The van der Waals surface area contributed by atoms with Gasteiger partial charge in [0.05, 0.1) is 21.1 Å². The summed E-state index contributed by atoms with van der Waals surface area (Å²) in [7, 11) is 5.96. The van der Waals surface area contributed by atoms with Crippen LogP contribution >= 0.6 is 8.69 Å². The highest BCUT2D eigenvalue weighted by molar-refractivity contribution is 7.17. The third kappa shape index (κ3) is 10.8. The third-order valence-corrected chi connectivity index (χ3v) is 1.19. The highest BCUT2D eigenvalue weighted by Crippen LogP contribution is 1.96. The van der Waals surface area contributed by atoms with E-state index in [1.807, 2.05) is 0 Å². The van der Waals surface area contributed by atoms with Crippen LogP contribution in [0.2, 0.25) is 0 Å². The molecule has 0 rings (SSSR count). The highest BCUT2D eigenvalue weighted by Gasteiger charge is 2.04. The van der Waals surface area contributed by atoms with Gasteiger partial charge >= 0.3 is 8.69 Å². The quantitative estimate of drug-likeness (QED) is 0.274. The number of quaternary nitrogens is 1. The standard InChI is InChI=1S/C5H13NO2P.FH/c1-6(2,3)4-5-8-9-7;/h4-5H2,1-3H3;1H/q+1;/p-1. The second-order valence-electron chi connectivity index (χ2n) is 2.92. The summed E-state index contributed by atoms with van der Waals surface area (Å²) in [6.07, 6.45) is 0. The van der Waals surface area contributed by atoms with Gasteiger partial charge in [-0.15, -0.1) is 0 Å². The number of rotatable bonds is 4. The van der Waals surface area contributed by atoms with E-state index in [0.29, 0.717) is 6.61 Å². The Balaban J connectivity index is 0. The third-order valence-electron chi connectivity index (χ3n) is 0.906. The molecular weight excluding hydrogens is 156 g/mol. The van der Waals surface area contributed by atoms with Crippen molar-refractivity contribution in [3.05, 3.63) is 0 Å². The van der Waals surface area contributed by atoms with Gasteiger partial charge in [0.25, 0.3) is 0 Å². The number of hydrogen-bond donors (Lipinski definition) is 0. The fraction of sp³-hybridized carbons (Fsp3) is 1.00. The van der Waals surface area contributed by atoms with Crippen molar-refractivity contribution in [2.45, 2.75) is 0 Å². The van der Waals surface area contributed by atoms with Gasteiger partial charge in [-0.05, 0) is 0 Å². The maximum Gasteiger partial charge on any atom is 0.327 e. The first-order chi connectivity index (χ1) is 4.06. The van der Waals surface area contributed by atoms with Gasteiger partial charge in [-0.2, -0.15) is 0 Å². The Labute approximate surface area is 62.2 Å². The van der Waals surface area contributed by atoms with E-state index in [1.165, 1.54) is 0 Å². The molecule has 0 saturated heterocycles. The molecule has 5 heteroatoms. The molecule has 0 radical (unpaired) electrons. The second-order valence-corrected chi connectivity index (χ2v) is 3.33. The summed E-state index contributed by atoms with van der Waals surface area (Å²) in [4.78, 5) is 0. The molecule has 0 N–H and O–H groups in total. The van der Waals surface area contributed by atoms with Gasteiger partial charge in [-0.3, -0.25) is 4.52 Å². The van der Waals surface area contributed by atoms with Crippen molar-refractivity contribution in [3.63, 3.8) is 0 Å². The lowest BCUT2D eigenvalue weighted by molar-refractivity contribution is -0.870. The molecule has 0 aliphatic rings. The van der Waals surface area contributed by atoms with Crippen molar-refractivity contribution in [2.24, 2.45) is 0 Å². The van der Waals surface area contributed by atoms with E-state index in [0.717, 1.165) is 11.0 Å². The largest absolute Gasteiger partial charge is 1.00 e. The van der Waals surface area contributed by atoms with E-state index < -0.39 is 0 Å². The number of likely N-dealkylation sites (N-methyl/N-ethyl adjacent to an activating group) is 1. The molecule has 0 aliphatic carbocycles. The summed E-state index contributed by atoms with van der Waals surface area (Å²) >= 11 is 0. The topological polar surface area (TPSA) is 26.3 Å². The lowest BCUT2D eigenvalue weighted by Crippen LogP contribution is -3.00. The molecule has 0 heterocycles. The highest BCUT2D eigenvalue weighted by atomic mass is 31.1. The molecule has 0 bridgehead atoms. The smallest absolute Gasteiger partial charge is 0.327 e. The molecule has 0 unspecified atom stereocenters. The van der Waals surface area contributed by atoms with Crippen molar-refractivity contribution in [1.82, 2.24) is 0 Å². The van der Waals surface area contributed by atoms with Crippen LogP contribution < -0.4 is 4.70 Å². The zero-order valence-electron chi connectivity index (χ0n) is 6.50. The van der Waals surface area contributed by atoms with Gasteiger partial charge in [0, 0.05) is 0 Å². The Morgan fingerprint density at radius 1 is 1.40 bits per heavy atom. The van der Waals surface area contributed by atoms with Crippen LogP contribution in [-0.4, -0.2) is 38.8 Å². The minimum absolute atomic E-state index is 0. The predicted molar refractivity (Wildman–Crippen MR) is 36.5 cm³/mol. The molecule has 0 fully saturated rings. The van der Waals surface area contributed by atoms with Gasteiger partial charge in [-0.1, -0.05) is 0 Å². The molecule has 0 aliphatic heterocycles. The Bertz CT molecular complexity index is 94.1. The van der Waals surface area contributed by atoms with Gasteiger partial charge in [0.2, 0.25) is 0 Å². The maximum atomic E-state index is 9.76. The summed E-state index contributed by atoms with van der Waals surface area (Å²) < 4.78 is 15.2. The summed E-state index contributed by atoms with van der Waals surface area (Å²) in [6.45, 7) is 1.43. The van der Waals surface area contributed by atoms with E-state index in [4.69, 9.17) is 0 Å². The first-order valence-electron chi connectivity index (χ1n) is 2.81. The fourth-order valence-corrected chi connectivity index (χ4v) is 0.508. The van der Waals surface area contributed by atoms with Crippen LogP contribution in [0.4, 0.5) is 0 Å². The van der Waals surface area contributed by atoms with Gasteiger partial charge in [0.1, 0.15) is 13.2 Å². The molecule has 10 heavy (non-hydrogen) atoms. The van der Waals surface area contributed by atoms with Gasteiger partial charge in [-0.25, -0.2) is 4.57 Å². The number of halogens is 1. The Kier molecular flexibility index (Phi) is 7.21. The molecule has 0 aromatic heterocycles. The Morgan fingerprint density at radius 2 is 1.90 bits per heavy atom. The Hall–Kier alpha value is -0.0500. The van der Waals surface area contributed by atoms with E-state index in [-0.39, 0.29) is 13.4 Å². The van der Waals surface area contributed by atoms with Crippen LogP contribution in [0.15, 0.2) is 0 Å². The van der Waals surface area contributed by atoms with Gasteiger partial charge in [0.15, 0.2) is 0 Å². The van der Waals surface area contributed by atoms with E-state index in [2.05, 4.69) is 25.7 Å². The van der Waals surface area contributed by atoms with E-state index >= 15 is 0 Å². The van der Waals surface area contributed by atoms with Crippen LogP contribution in [0.5, 0.6) is 0 Å². The molecule has 0 atom stereocenters. The van der Waals surface area contributed by atoms with Crippen molar-refractivity contribution in [1.29, 1.82) is 0 Å². The van der Waals surface area contributed by atoms with Crippen LogP contribution in [0, 0.1) is 0 Å². The average molecular weight is 169 g/mol. The second kappa shape index (κ2) is 5.71. The van der Waals surface area contributed by atoms with Crippen LogP contribution in [0.3, 0.4) is 0 Å². The fourth-order valence-electron chi connectivity index (χ4n) is 0.352. The number of hydrogen-bond acceptors (Lipinski definition) is 2. The van der Waals surface area contributed by atoms with Crippen LogP contribution in [0.1, 0.15) is 0 Å². The first-order valence-corrected chi connectivity index (χ1v) is 3.54. The average Bonchev–Trinajstić information content (AvgIpc) is 1.63. The lowest BCUT2D eigenvalue weighted by Gasteiger charge is -2.22. The summed E-state index contributed by atoms with van der Waals surface area (Å²) in [5.74, 6) is 0. The van der Waals surface area contributed by atoms with Crippen molar-refractivity contribution >= 4 is 8.69 Å². The molecule has 0 saturated carbocycles. The minimum Gasteiger partial charge on any atom is -1.00 e. The van der Waals surface area contributed by atoms with E-state index in [9.17, 15) is 4.57 Å². The molecule has 0 aromatic carbocycles. The number of nitrogens with zero attached hydrogens (tertiary/aromatic N) is 1. The maximum absolute atomic E-state index is 9.76.